The second-order valence-electron chi connectivity index (χ2n) is 5.66. The van der Waals surface area contributed by atoms with Gasteiger partial charge in [-0.2, -0.15) is 4.39 Å². The van der Waals surface area contributed by atoms with Gasteiger partial charge >= 0.3 is 96.5 Å². The minimum absolute atomic E-state index is 0. The van der Waals surface area contributed by atoms with Crippen LogP contribution in [-0.4, -0.2) is 51.3 Å². The van der Waals surface area contributed by atoms with Crippen LogP contribution in [0.4, 0.5) is 4.39 Å². The zero-order valence-corrected chi connectivity index (χ0v) is 27.0. The smallest absolute Gasteiger partial charge is 0.790 e. The summed E-state index contributed by atoms with van der Waals surface area (Å²) in [5.41, 5.74) is 2.38. The second-order valence-corrected chi connectivity index (χ2v) is 10.2. The number of hydrogen-bond donors (Lipinski definition) is 3. The molecular formula is C10H12FN3Na3O15P3. The molecule has 1 amide bonds. The fourth-order valence-corrected chi connectivity index (χ4v) is 5.54. The Labute approximate surface area is 261 Å². The molecule has 182 valence electrons. The Hall–Kier alpha value is 1.57. The summed E-state index contributed by atoms with van der Waals surface area (Å²) in [6.45, 7) is 0. The maximum absolute atomic E-state index is 13.6. The maximum atomic E-state index is 13.6. The number of aliphatic hydroxyl groups is 2. The summed E-state index contributed by atoms with van der Waals surface area (Å²) in [6, 6.07) is 0. The molecule has 18 nitrogen and oxygen atoms in total. The van der Waals surface area contributed by atoms with Gasteiger partial charge in [-0.05, 0) is 0 Å². The maximum Gasteiger partial charge on any atom is 1.00 e. The predicted octanol–water partition coefficient (Wildman–Crippen LogP) is -12.8. The van der Waals surface area contributed by atoms with Gasteiger partial charge in [0.2, 0.25) is 5.95 Å². The van der Waals surface area contributed by atoms with Crippen molar-refractivity contribution in [3.05, 3.63) is 28.2 Å². The average molecular weight is 595 g/mol. The Kier molecular flexibility index (Phi) is 16.4. The van der Waals surface area contributed by atoms with Gasteiger partial charge in [-0.1, -0.05) is 0 Å². The largest absolute Gasteiger partial charge is 1.00 e. The number of aromatic nitrogens is 2. The van der Waals surface area contributed by atoms with E-state index in [1.807, 2.05) is 0 Å². The number of nitrogens with two attached hydrogens (primary N) is 1. The van der Waals surface area contributed by atoms with E-state index in [0.29, 0.717) is 13.3 Å². The number of halogens is 1. The number of aliphatic hydroxyl groups excluding tert-OH is 2. The van der Waals surface area contributed by atoms with E-state index in [2.05, 4.69) is 22.7 Å². The van der Waals surface area contributed by atoms with Crippen molar-refractivity contribution >= 4 is 29.4 Å². The normalized spacial score (nSPS) is 25.2. The third-order valence-corrected chi connectivity index (χ3v) is 7.57. The molecule has 0 radical (unpaired) electrons. The van der Waals surface area contributed by atoms with Gasteiger partial charge < -0.3 is 39.9 Å². The fraction of sp³-hybridized carbons (Fsp3) is 0.500. The van der Waals surface area contributed by atoms with Gasteiger partial charge in [0.05, 0.1) is 14.0 Å². The van der Waals surface area contributed by atoms with Crippen LogP contribution in [0.3, 0.4) is 0 Å². The summed E-state index contributed by atoms with van der Waals surface area (Å²) in [4.78, 5) is 58.6. The number of phosphoric ester groups is 1. The van der Waals surface area contributed by atoms with E-state index in [-0.39, 0.29) is 93.2 Å². The third kappa shape index (κ3) is 10.6. The Bertz CT molecular complexity index is 1100. The molecule has 1 aliphatic rings. The van der Waals surface area contributed by atoms with Gasteiger partial charge in [0.25, 0.3) is 19.3 Å². The first kappa shape index (κ1) is 38.7. The average Bonchev–Trinajstić information content (AvgIpc) is 2.88. The van der Waals surface area contributed by atoms with Crippen LogP contribution in [0.1, 0.15) is 16.7 Å². The van der Waals surface area contributed by atoms with Gasteiger partial charge in [-0.15, -0.1) is 0 Å². The number of hydrogen-bond acceptors (Lipinski definition) is 16. The molecule has 4 N–H and O–H groups in total. The molecule has 1 fully saturated rings. The Morgan fingerprint density at radius 3 is 2.17 bits per heavy atom. The van der Waals surface area contributed by atoms with E-state index in [1.165, 1.54) is 0 Å². The van der Waals surface area contributed by atoms with Crippen LogP contribution in [0.2, 0.25) is 0 Å². The number of nitrogens with zero attached hydrogens (tertiary/aromatic N) is 2. The van der Waals surface area contributed by atoms with E-state index < -0.39 is 71.3 Å². The summed E-state index contributed by atoms with van der Waals surface area (Å²) >= 11 is 0. The molecule has 0 aliphatic carbocycles. The van der Waals surface area contributed by atoms with Crippen LogP contribution >= 0.6 is 23.5 Å². The van der Waals surface area contributed by atoms with Gasteiger partial charge in [0.15, 0.2) is 18.2 Å². The molecule has 35 heavy (non-hydrogen) atoms. The van der Waals surface area contributed by atoms with Crippen molar-refractivity contribution in [3.8, 4) is 0 Å². The first-order valence-electron chi connectivity index (χ1n) is 7.68. The van der Waals surface area contributed by atoms with Crippen molar-refractivity contribution in [1.82, 2.24) is 9.55 Å². The van der Waals surface area contributed by atoms with Crippen LogP contribution in [0.5, 0.6) is 0 Å². The molecule has 1 saturated heterocycles. The van der Waals surface area contributed by atoms with Crippen LogP contribution in [0.15, 0.2) is 11.0 Å². The van der Waals surface area contributed by atoms with Crippen LogP contribution in [0.25, 0.3) is 0 Å². The molecule has 1 aromatic heterocycles. The first-order valence-corrected chi connectivity index (χ1v) is 12.1. The summed E-state index contributed by atoms with van der Waals surface area (Å²) in [7, 11) is -17.3. The monoisotopic (exact) mass is 595 g/mol. The minimum Gasteiger partial charge on any atom is -0.790 e. The van der Waals surface area contributed by atoms with Gasteiger partial charge in [0, 0.05) is 7.11 Å². The zero-order valence-electron chi connectivity index (χ0n) is 18.3. The molecule has 0 saturated carbocycles. The van der Waals surface area contributed by atoms with Crippen molar-refractivity contribution in [2.75, 3.05) is 7.11 Å². The zero-order chi connectivity index (χ0) is 24.6. The molecular weight excluding hydrogens is 583 g/mol. The van der Waals surface area contributed by atoms with E-state index in [0.717, 1.165) is 0 Å². The Balaban J connectivity index is 0. The number of carbonyl (C=O) groups is 1. The fourth-order valence-electron chi connectivity index (χ4n) is 2.26. The van der Waals surface area contributed by atoms with E-state index in [9.17, 15) is 52.6 Å². The van der Waals surface area contributed by atoms with Gasteiger partial charge in [-0.25, -0.2) is 13.9 Å². The minimum atomic E-state index is -6.19. The van der Waals surface area contributed by atoms with Crippen molar-refractivity contribution in [3.63, 3.8) is 0 Å². The SMILES string of the molecule is COP(=O)(O[C@H]1O[C@H](n2cc(F)nc(C(N)=O)c2=O)[C@H](O)[C@@H]1O)OP(=O)([O-])OP(=O)([O-])[O-].[Na+].[Na+].[Na+]. The van der Waals surface area contributed by atoms with Crippen LogP contribution in [-0.2, 0) is 36.1 Å². The van der Waals surface area contributed by atoms with E-state index in [4.69, 9.17) is 10.5 Å². The number of rotatable bonds is 9. The van der Waals surface area contributed by atoms with Gasteiger partial charge in [0.1, 0.15) is 12.2 Å². The molecule has 0 spiro atoms. The van der Waals surface area contributed by atoms with E-state index in [1.54, 1.807) is 0 Å². The molecule has 0 aromatic carbocycles. The van der Waals surface area contributed by atoms with E-state index >= 15 is 0 Å². The molecule has 1 aliphatic heterocycles. The first-order chi connectivity index (χ1) is 14.5. The summed E-state index contributed by atoms with van der Waals surface area (Å²) < 4.78 is 68.4. The standard InChI is InChI=1S/C10H15FN3O15P3.3Na/c1-25-32(24,29-31(22,23)28-30(19,20)21)27-10-6(16)5(15)9(26-10)14-2-3(11)13-4(7(12)17)8(14)18;;;/h2,5-6,9-10,15-16H,1H3,(H2,12,17)(H,22,23)(H2,19,20,21);;;/q;3*+1/p-3/t5-,6+,9+,10-,32?;;;/m1.../s1. The van der Waals surface area contributed by atoms with Crippen molar-refractivity contribution in [1.29, 1.82) is 0 Å². The number of carbonyl (C=O) groups excluding carboxylic acids is 1. The predicted molar refractivity (Wildman–Crippen MR) is 86.0 cm³/mol. The number of amides is 1. The molecule has 25 heteroatoms. The second kappa shape index (κ2) is 14.8. The molecule has 0 bridgehead atoms. The van der Waals surface area contributed by atoms with Crippen LogP contribution in [0, 0.1) is 5.95 Å². The molecule has 2 rings (SSSR count). The molecule has 2 heterocycles. The Morgan fingerprint density at radius 2 is 1.71 bits per heavy atom. The van der Waals surface area contributed by atoms with Crippen LogP contribution < -0.4 is 115 Å². The Morgan fingerprint density at radius 1 is 1.17 bits per heavy atom. The number of ether oxygens (including phenoxy) is 1. The summed E-state index contributed by atoms with van der Waals surface area (Å²) in [6.07, 6.45) is -8.44. The van der Waals surface area contributed by atoms with Crippen molar-refractivity contribution in [2.45, 2.75) is 24.7 Å². The van der Waals surface area contributed by atoms with Gasteiger partial charge in [-0.3, -0.25) is 32.1 Å². The number of phosphoric acid groups is 3. The van der Waals surface area contributed by atoms with Crippen molar-refractivity contribution < 1.29 is 159 Å². The topological polar surface area (TPSA) is 285 Å². The summed E-state index contributed by atoms with van der Waals surface area (Å²) in [5, 5.41) is 20.1. The molecule has 6 atom stereocenters. The van der Waals surface area contributed by atoms with Crippen molar-refractivity contribution in [2.24, 2.45) is 5.73 Å². The number of primary amides is 1. The third-order valence-electron chi connectivity index (χ3n) is 3.46. The summed E-state index contributed by atoms with van der Waals surface area (Å²) in [5.74, 6) is -2.90. The quantitative estimate of drug-likeness (QED) is 0.176. The molecule has 1 aromatic rings. The molecule has 2 unspecified atom stereocenters.